The molecule has 65 heavy (non-hydrogen) atoms. The summed E-state index contributed by atoms with van der Waals surface area (Å²) in [5, 5.41) is -1.92. The van der Waals surface area contributed by atoms with Gasteiger partial charge in [0, 0.05) is 64.4 Å². The van der Waals surface area contributed by atoms with Gasteiger partial charge in [0.15, 0.2) is 5.78 Å². The van der Waals surface area contributed by atoms with E-state index in [4.69, 9.17) is 35.3 Å². The molecule has 2 bridgehead atoms. The summed E-state index contributed by atoms with van der Waals surface area (Å²) in [5.41, 5.74) is 1.82. The van der Waals surface area contributed by atoms with Crippen LogP contribution in [0.4, 0.5) is 0 Å². The average molecular weight is 929 g/mol. The number of carbonyl (C=O) groups is 5. The summed E-state index contributed by atoms with van der Waals surface area (Å²) in [6.07, 6.45) is 17.2. The van der Waals surface area contributed by atoms with Crippen molar-refractivity contribution >= 4 is 40.8 Å². The molecule has 2 unspecified atom stereocenters. The second-order valence-corrected chi connectivity index (χ2v) is 20.9. The van der Waals surface area contributed by atoms with Crippen molar-refractivity contribution < 1.29 is 47.7 Å². The molecule has 0 radical (unpaired) electrons. The summed E-state index contributed by atoms with van der Waals surface area (Å²) >= 11 is 7.13. The van der Waals surface area contributed by atoms with Crippen molar-refractivity contribution in [3.05, 3.63) is 47.6 Å². The van der Waals surface area contributed by atoms with Crippen molar-refractivity contribution in [1.29, 1.82) is 0 Å². The summed E-state index contributed by atoms with van der Waals surface area (Å²) in [6, 6.07) is -1.02. The lowest BCUT2D eigenvalue weighted by Gasteiger charge is -2.42. The predicted molar refractivity (Wildman–Crippen MR) is 255 cm³/mol. The Morgan fingerprint density at radius 1 is 0.831 bits per heavy atom. The maximum absolute atomic E-state index is 14.5. The molecule has 4 aliphatic rings. The van der Waals surface area contributed by atoms with E-state index in [2.05, 4.69) is 19.9 Å². The van der Waals surface area contributed by atoms with E-state index in [1.54, 1.807) is 21.3 Å². The number of rotatable bonds is 6. The van der Waals surface area contributed by atoms with Crippen molar-refractivity contribution in [2.75, 3.05) is 27.9 Å². The van der Waals surface area contributed by atoms with Crippen molar-refractivity contribution in [1.82, 2.24) is 4.90 Å². The minimum atomic E-state index is -1.92. The second-order valence-electron chi connectivity index (χ2n) is 20.3. The molecular weight excluding hydrogens is 846 g/mol. The number of alkyl halides is 1. The zero-order valence-corrected chi connectivity index (χ0v) is 42.4. The average Bonchev–Trinajstić information content (AvgIpc) is 3.28. The van der Waals surface area contributed by atoms with Crippen molar-refractivity contribution in [3.8, 4) is 0 Å². The van der Waals surface area contributed by atoms with E-state index >= 15 is 0 Å². The van der Waals surface area contributed by atoms with Gasteiger partial charge < -0.3 is 28.6 Å². The SMILES string of the molecule is CO[C@H]1C[C@@H]2CC[C@@H](C)C(Cl)(O2)C(=O)C(=O)N2CCCC[C@H]2C(=O)OC([C@H](C)C[C@@H]2CC[C@@H](C)[C@H](OC)C2)CC(=O)[C@H](C)/C=C(\C)[C@@H](C)[C@@H](OC)C(=O)[C@H](C)C[C@H](C)/C=C/C=C/C=C/1C. The van der Waals surface area contributed by atoms with Crippen molar-refractivity contribution in [3.63, 3.8) is 0 Å². The first-order valence-electron chi connectivity index (χ1n) is 24.5. The first-order valence-corrected chi connectivity index (χ1v) is 24.9. The molecule has 2 saturated heterocycles. The molecule has 0 aromatic carbocycles. The minimum absolute atomic E-state index is 0.0176. The number of fused-ring (bicyclic) bond motifs is 3. The molecule has 1 saturated carbocycles. The van der Waals surface area contributed by atoms with Gasteiger partial charge in [-0.05, 0) is 107 Å². The van der Waals surface area contributed by atoms with E-state index in [-0.39, 0.29) is 60.4 Å². The van der Waals surface area contributed by atoms with Gasteiger partial charge in [-0.2, -0.15) is 0 Å². The fourth-order valence-electron chi connectivity index (χ4n) is 10.5. The summed E-state index contributed by atoms with van der Waals surface area (Å²) in [7, 11) is 4.94. The van der Waals surface area contributed by atoms with Crippen LogP contribution in [-0.2, 0) is 47.7 Å². The zero-order chi connectivity index (χ0) is 48.2. The number of amides is 1. The lowest BCUT2D eigenvalue weighted by atomic mass is 9.76. The van der Waals surface area contributed by atoms with Gasteiger partial charge in [0.1, 0.15) is 24.0 Å². The van der Waals surface area contributed by atoms with Crippen LogP contribution >= 0.6 is 11.6 Å². The highest BCUT2D eigenvalue weighted by Gasteiger charge is 2.53. The number of piperidine rings is 1. The Morgan fingerprint density at radius 3 is 2.23 bits per heavy atom. The van der Waals surface area contributed by atoms with Crippen LogP contribution in [0.1, 0.15) is 139 Å². The topological polar surface area (TPSA) is 135 Å². The molecule has 15 atom stereocenters. The summed E-state index contributed by atoms with van der Waals surface area (Å²) < 4.78 is 30.3. The largest absolute Gasteiger partial charge is 0.460 e. The van der Waals surface area contributed by atoms with Crippen LogP contribution in [-0.4, -0.2) is 104 Å². The molecule has 12 heteroatoms. The van der Waals surface area contributed by atoms with Crippen molar-refractivity contribution in [2.24, 2.45) is 47.3 Å². The number of allylic oxidation sites excluding steroid dienone is 6. The fourth-order valence-corrected chi connectivity index (χ4v) is 10.9. The molecule has 0 N–H and O–H groups in total. The van der Waals surface area contributed by atoms with Gasteiger partial charge in [-0.15, -0.1) is 0 Å². The van der Waals surface area contributed by atoms with Gasteiger partial charge in [0.25, 0.3) is 11.7 Å². The van der Waals surface area contributed by atoms with E-state index < -0.39 is 58.9 Å². The third-order valence-electron chi connectivity index (χ3n) is 15.2. The first-order chi connectivity index (χ1) is 30.7. The van der Waals surface area contributed by atoms with E-state index in [0.29, 0.717) is 56.8 Å². The van der Waals surface area contributed by atoms with Crippen LogP contribution in [0.25, 0.3) is 0 Å². The Morgan fingerprint density at radius 2 is 1.55 bits per heavy atom. The van der Waals surface area contributed by atoms with Crippen LogP contribution in [0.2, 0.25) is 0 Å². The second kappa shape index (κ2) is 25.4. The Hall–Kier alpha value is -2.96. The number of Topliss-reactive ketones (excluding diaryl/α,β-unsaturated/α-hetero) is 3. The molecule has 1 amide bonds. The summed E-state index contributed by atoms with van der Waals surface area (Å²) in [6.45, 7) is 18.0. The molecule has 0 spiro atoms. The predicted octanol–water partition coefficient (Wildman–Crippen LogP) is 9.98. The van der Waals surface area contributed by atoms with Crippen LogP contribution in [0, 0.1) is 47.3 Å². The van der Waals surface area contributed by atoms with Gasteiger partial charge in [0.05, 0.1) is 18.3 Å². The van der Waals surface area contributed by atoms with Crippen LogP contribution in [0.5, 0.6) is 0 Å². The quantitative estimate of drug-likeness (QED) is 0.110. The highest BCUT2D eigenvalue weighted by atomic mass is 35.5. The molecule has 0 aromatic heterocycles. The van der Waals surface area contributed by atoms with Crippen LogP contribution < -0.4 is 0 Å². The Bertz CT molecular complexity index is 1760. The lowest BCUT2D eigenvalue weighted by Crippen LogP contribution is -2.58. The van der Waals surface area contributed by atoms with Crippen molar-refractivity contribution in [2.45, 2.75) is 181 Å². The number of methoxy groups -OCH3 is 3. The monoisotopic (exact) mass is 928 g/mol. The van der Waals surface area contributed by atoms with Gasteiger partial charge in [-0.3, -0.25) is 19.2 Å². The summed E-state index contributed by atoms with van der Waals surface area (Å²) in [4.78, 5) is 72.6. The molecule has 1 aliphatic carbocycles. The van der Waals surface area contributed by atoms with Gasteiger partial charge in [-0.25, -0.2) is 4.79 Å². The number of hydrogen-bond acceptors (Lipinski definition) is 10. The highest BCUT2D eigenvalue weighted by molar-refractivity contribution is 6.51. The molecule has 4 rings (SSSR count). The number of nitrogens with zero attached hydrogens (tertiary/aromatic N) is 1. The van der Waals surface area contributed by atoms with Crippen LogP contribution in [0.15, 0.2) is 47.6 Å². The first kappa shape index (κ1) is 54.6. The Kier molecular flexibility index (Phi) is 21.4. The van der Waals surface area contributed by atoms with Crippen LogP contribution in [0.3, 0.4) is 0 Å². The molecule has 3 fully saturated rings. The number of carbonyl (C=O) groups excluding carboxylic acids is 5. The van der Waals surface area contributed by atoms with E-state index in [0.717, 1.165) is 36.8 Å². The van der Waals surface area contributed by atoms with E-state index in [9.17, 15) is 24.0 Å². The normalized spacial score (nSPS) is 40.4. The molecule has 11 nitrogen and oxygen atoms in total. The summed E-state index contributed by atoms with van der Waals surface area (Å²) in [5.74, 6) is -3.31. The molecule has 366 valence electrons. The highest BCUT2D eigenvalue weighted by Crippen LogP contribution is 2.41. The van der Waals surface area contributed by atoms with E-state index in [1.807, 2.05) is 78.8 Å². The third kappa shape index (κ3) is 14.5. The van der Waals surface area contributed by atoms with Gasteiger partial charge in [-0.1, -0.05) is 102 Å². The third-order valence-corrected chi connectivity index (χ3v) is 15.8. The molecule has 3 aliphatic heterocycles. The number of halogens is 1. The van der Waals surface area contributed by atoms with Gasteiger partial charge in [0.2, 0.25) is 5.06 Å². The molecular formula is C53H82ClNO10. The number of ketones is 3. The zero-order valence-electron chi connectivity index (χ0n) is 41.6. The van der Waals surface area contributed by atoms with E-state index in [1.165, 1.54) is 4.90 Å². The molecule has 0 aromatic rings. The minimum Gasteiger partial charge on any atom is -0.460 e. The molecule has 3 heterocycles. The maximum Gasteiger partial charge on any atom is 0.329 e. The number of cyclic esters (lactones) is 1. The smallest absolute Gasteiger partial charge is 0.329 e. The lowest BCUT2D eigenvalue weighted by molar-refractivity contribution is -0.174. The Balaban J connectivity index is 1.70. The standard InChI is InChI=1S/C53H82ClNO10/c1-32-18-14-13-15-19-33(2)46(62-11)30-42-24-22-39(8)53(54,65-42)50(58)51(59)55-25-17-16-20-43(55)52(60)64-47(37(6)28-41-23-21-34(3)45(29-41)61-10)31-44(56)36(5)27-35(4)40(9)49(63-12)48(57)38(7)26-32/h13-15,18-19,27,32,34,36-43,45-47,49H,16-17,20-26,28-31H2,1-12H3/b15-13+,18-14+,33-19+,35-27+/t32-,34-,36-,37-,38-,39-,40-,41+,42+,43+,45-,46+,47?,49-,53?/m1/s1. The Labute approximate surface area is 395 Å². The number of ether oxygens (including phenoxy) is 5. The fraction of sp³-hybridized carbons (Fsp3) is 0.755. The van der Waals surface area contributed by atoms with Gasteiger partial charge >= 0.3 is 5.97 Å². The maximum atomic E-state index is 14.5. The number of esters is 1. The number of hydrogen-bond donors (Lipinski definition) is 0.